The van der Waals surface area contributed by atoms with Gasteiger partial charge in [-0.2, -0.15) is 4.57 Å². The maximum absolute atomic E-state index is 13.5. The van der Waals surface area contributed by atoms with Gasteiger partial charge in [0, 0.05) is 48.1 Å². The van der Waals surface area contributed by atoms with Gasteiger partial charge in [-0.15, -0.1) is 0 Å². The van der Waals surface area contributed by atoms with Crippen LogP contribution in [0.3, 0.4) is 0 Å². The number of ketones is 3. The van der Waals surface area contributed by atoms with Crippen LogP contribution >= 0.6 is 23.1 Å². The highest BCUT2D eigenvalue weighted by molar-refractivity contribution is 7.99. The van der Waals surface area contributed by atoms with Crippen LogP contribution in [0.1, 0.15) is 103 Å². The summed E-state index contributed by atoms with van der Waals surface area (Å²) >= 11 is 3.16. The highest BCUT2D eigenvalue weighted by atomic mass is 32.2. The lowest BCUT2D eigenvalue weighted by Gasteiger charge is -2.27. The number of unbranched alkanes of at least 4 members (excludes halogenated alkanes) is 2. The summed E-state index contributed by atoms with van der Waals surface area (Å²) in [4.78, 5) is 57.7. The van der Waals surface area contributed by atoms with Crippen molar-refractivity contribution in [2.45, 2.75) is 94.6 Å². The van der Waals surface area contributed by atoms with Crippen LogP contribution in [-0.2, 0) is 9.59 Å². The number of aliphatic hydroxyl groups is 4. The van der Waals surface area contributed by atoms with Crippen molar-refractivity contribution >= 4 is 58.2 Å². The number of rotatable bonds is 31. The van der Waals surface area contributed by atoms with E-state index in [0.29, 0.717) is 55.9 Å². The van der Waals surface area contributed by atoms with E-state index in [0.717, 1.165) is 43.5 Å². The Morgan fingerprint density at radius 2 is 1.30 bits per heavy atom. The molecule has 0 spiro atoms. The predicted octanol–water partition coefficient (Wildman–Crippen LogP) is -0.922. The average molecular weight is 1030 g/mol. The number of carbonyl (C=O) groups excluding carboxylic acids is 3. The molecule has 0 radical (unpaired) electrons. The molecule has 0 bridgehead atoms. The van der Waals surface area contributed by atoms with Gasteiger partial charge in [0.2, 0.25) is 22.4 Å². The Hall–Kier alpha value is -4.52. The zero-order valence-electron chi connectivity index (χ0n) is 41.1. The third kappa shape index (κ3) is 22.8. The number of aliphatic imine (C=N–C) groups is 2. The van der Waals surface area contributed by atoms with Crippen molar-refractivity contribution in [3.8, 4) is 0 Å². The van der Waals surface area contributed by atoms with E-state index in [1.807, 2.05) is 55.9 Å². The van der Waals surface area contributed by atoms with Gasteiger partial charge in [-0.3, -0.25) is 29.2 Å². The SMILES string of the molecule is CC(CO)CC(CO)C1SCC[NH+]1CC(=O)c1ccccc1.CC(CO)CC(CO)c1scc[n+]1C(C(=O)CN=C([O-])[C@@H](N)CCCCN)C(=O)c1ccccc1.NCCCC[C@H](N)C([O-])=NCC(=O)O. The number of hydrogen-bond acceptors (Lipinski definition) is 18. The number of carboxylic acid groups (broad SMARTS) is 1. The van der Waals surface area contributed by atoms with Crippen molar-refractivity contribution in [1.82, 2.24) is 0 Å². The fourth-order valence-electron chi connectivity index (χ4n) is 7.76. The van der Waals surface area contributed by atoms with Gasteiger partial charge in [0.25, 0.3) is 6.04 Å². The largest absolute Gasteiger partial charge is 0.861 e. The number of benzene rings is 2. The van der Waals surface area contributed by atoms with Crippen LogP contribution in [-0.4, -0.2) is 150 Å². The number of quaternary nitrogens is 1. The number of Topliss-reactive ketones (excluding diaryl/α,β-unsaturated/α-hetero) is 3. The molecule has 7 unspecified atom stereocenters. The monoisotopic (exact) mass is 1030 g/mol. The Bertz CT molecular complexity index is 2050. The third-order valence-electron chi connectivity index (χ3n) is 11.7. The van der Waals surface area contributed by atoms with Crippen LogP contribution in [0, 0.1) is 17.8 Å². The lowest BCUT2D eigenvalue weighted by Crippen LogP contribution is -3.15. The van der Waals surface area contributed by atoms with E-state index in [-0.39, 0.29) is 61.3 Å². The Labute approximate surface area is 426 Å². The molecule has 3 aromatic rings. The molecule has 71 heavy (non-hydrogen) atoms. The number of carbonyl (C=O) groups is 4. The van der Waals surface area contributed by atoms with E-state index in [4.69, 9.17) is 28.0 Å². The van der Waals surface area contributed by atoms with Crippen molar-refractivity contribution in [3.05, 3.63) is 88.4 Å². The maximum atomic E-state index is 13.5. The van der Waals surface area contributed by atoms with Gasteiger partial charge >= 0.3 is 5.97 Å². The molecule has 0 saturated carbocycles. The number of nitrogens with zero attached hydrogens (tertiary/aromatic N) is 3. The lowest BCUT2D eigenvalue weighted by molar-refractivity contribution is -0.898. The topological polar surface area (TPSA) is 353 Å². The van der Waals surface area contributed by atoms with Gasteiger partial charge in [-0.25, -0.2) is 0 Å². The summed E-state index contributed by atoms with van der Waals surface area (Å²) in [5.41, 5.74) is 23.2. The number of aliphatic hydroxyl groups excluding tert-OH is 4. The second-order valence-corrected chi connectivity index (χ2v) is 19.9. The number of nitrogens with two attached hydrogens (primary N) is 4. The summed E-state index contributed by atoms with van der Waals surface area (Å²) in [5.74, 6) is -2.18. The first-order chi connectivity index (χ1) is 34.1. The number of thiazole rings is 1. The number of nitrogens with one attached hydrogen (secondary N) is 1. The second kappa shape index (κ2) is 35.6. The van der Waals surface area contributed by atoms with E-state index in [9.17, 15) is 49.8 Å². The average Bonchev–Trinajstić information content (AvgIpc) is 4.06. The molecule has 1 saturated heterocycles. The van der Waals surface area contributed by atoms with E-state index in [2.05, 4.69) is 9.98 Å². The minimum atomic E-state index is -1.25. The van der Waals surface area contributed by atoms with Gasteiger partial charge in [0.1, 0.15) is 25.0 Å². The summed E-state index contributed by atoms with van der Waals surface area (Å²) in [6.07, 6.45) is 6.82. The summed E-state index contributed by atoms with van der Waals surface area (Å²) in [6, 6.07) is 15.1. The molecule has 1 aliphatic heterocycles. The van der Waals surface area contributed by atoms with Crippen LogP contribution in [0.5, 0.6) is 0 Å². The molecule has 19 nitrogen and oxygen atoms in total. The summed E-state index contributed by atoms with van der Waals surface area (Å²) in [6.45, 7) is 5.39. The van der Waals surface area contributed by atoms with Crippen molar-refractivity contribution < 1.29 is 64.4 Å². The Balaban J connectivity index is 0.000000407. The van der Waals surface area contributed by atoms with E-state index in [1.165, 1.54) is 16.2 Å². The predicted molar refractivity (Wildman–Crippen MR) is 273 cm³/mol. The molecule has 1 aromatic heterocycles. The van der Waals surface area contributed by atoms with Gasteiger partial charge in [-0.1, -0.05) is 110 Å². The summed E-state index contributed by atoms with van der Waals surface area (Å²) in [5, 5.41) is 72.7. The molecule has 2 heterocycles. The molecule has 21 heteroatoms. The molecule has 9 atom stereocenters. The Morgan fingerprint density at radius 1 is 0.761 bits per heavy atom. The van der Waals surface area contributed by atoms with E-state index >= 15 is 0 Å². The summed E-state index contributed by atoms with van der Waals surface area (Å²) < 4.78 is 1.56. The number of hydrogen-bond donors (Lipinski definition) is 10. The van der Waals surface area contributed by atoms with Crippen LogP contribution < -0.4 is 42.6 Å². The third-order valence-corrected chi connectivity index (χ3v) is 14.3. The zero-order valence-corrected chi connectivity index (χ0v) is 42.8. The Kier molecular flexibility index (Phi) is 31.4. The highest BCUT2D eigenvalue weighted by Crippen LogP contribution is 2.27. The van der Waals surface area contributed by atoms with Crippen LogP contribution in [0.2, 0.25) is 0 Å². The fourth-order valence-corrected chi connectivity index (χ4v) is 10.3. The molecule has 4 rings (SSSR count). The molecular weight excluding hydrogens is 953 g/mol. The number of thioether (sulfide) groups is 1. The van der Waals surface area contributed by atoms with Gasteiger partial charge in [-0.05, 0) is 75.2 Å². The highest BCUT2D eigenvalue weighted by Gasteiger charge is 2.41. The molecule has 14 N–H and O–H groups in total. The Morgan fingerprint density at radius 3 is 1.80 bits per heavy atom. The van der Waals surface area contributed by atoms with Crippen molar-refractivity contribution in [2.24, 2.45) is 50.7 Å². The molecule has 0 amide bonds. The maximum Gasteiger partial charge on any atom is 0.325 e. The van der Waals surface area contributed by atoms with E-state index < -0.39 is 60.5 Å². The fraction of sp³-hybridized carbons (Fsp3) is 0.580. The van der Waals surface area contributed by atoms with Gasteiger partial charge in [0.15, 0.2) is 6.20 Å². The second-order valence-electron chi connectivity index (χ2n) is 17.8. The minimum Gasteiger partial charge on any atom is -0.861 e. The smallest absolute Gasteiger partial charge is 0.325 e. The van der Waals surface area contributed by atoms with Crippen LogP contribution in [0.15, 0.2) is 82.2 Å². The van der Waals surface area contributed by atoms with Crippen molar-refractivity contribution in [1.29, 1.82) is 0 Å². The first kappa shape index (κ1) is 62.6. The first-order valence-corrected chi connectivity index (χ1v) is 26.1. The lowest BCUT2D eigenvalue weighted by atomic mass is 9.95. The molecule has 0 aliphatic carbocycles. The van der Waals surface area contributed by atoms with Crippen molar-refractivity contribution in [3.63, 3.8) is 0 Å². The number of aliphatic carboxylic acids is 1. The normalized spacial score (nSPS) is 17.8. The van der Waals surface area contributed by atoms with Crippen molar-refractivity contribution in [2.75, 3.05) is 71.4 Å². The minimum absolute atomic E-state index is 0.0420. The first-order valence-electron chi connectivity index (χ1n) is 24.2. The molecule has 1 fully saturated rings. The molecule has 2 aromatic carbocycles. The van der Waals surface area contributed by atoms with Gasteiger partial charge in [0.05, 0.1) is 31.1 Å². The quantitative estimate of drug-likeness (QED) is 0.00930. The standard InChI is InChI=1S/C25H36N4O5S.C17H25NO3S.C8H17N3O3/c1-17(15-30)13-19(16-31)25-29(11-12-35-25)22(23(33)18-7-3-2-4-8-18)21(32)14-28-24(34)20(27)9-5-6-10-26;1-13(11-19)9-15(12-20)17-18(7-8-22-17)10-16(21)14-5-3-2-4-6-14;9-4-2-1-3-6(10)8(14)11-5-7(12)13/h2-4,7-8,11-12,17,19-20,22,30-31H,5-6,9-10,13-16,26-27H2,1H3;2-6,13,15,17,19-20H,7-12H2,1H3;6H,1-5,9-10H2,(H,11,14)(H,12,13)/t17?,19?,20-,22?;;6-/m0.0/s1. The molecule has 1 aliphatic rings. The summed E-state index contributed by atoms with van der Waals surface area (Å²) in [7, 11) is 0. The molecule has 396 valence electrons. The molecular formula is C50H78N8O11S2. The van der Waals surface area contributed by atoms with Crippen LogP contribution in [0.25, 0.3) is 0 Å². The number of aromatic nitrogens is 1. The zero-order chi connectivity index (χ0) is 52.7. The van der Waals surface area contributed by atoms with E-state index in [1.54, 1.807) is 46.5 Å². The number of carboxylic acids is 1. The van der Waals surface area contributed by atoms with Gasteiger partial charge < -0.3 is 63.6 Å². The van der Waals surface area contributed by atoms with Crippen LogP contribution in [0.4, 0.5) is 0 Å².